The van der Waals surface area contributed by atoms with Gasteiger partial charge in [-0.15, -0.1) is 0 Å². The van der Waals surface area contributed by atoms with E-state index in [2.05, 4.69) is 4.98 Å². The van der Waals surface area contributed by atoms with Crippen LogP contribution in [0.3, 0.4) is 0 Å². The normalized spacial score (nSPS) is 16.7. The highest BCUT2D eigenvalue weighted by Gasteiger charge is 2.22. The average Bonchev–Trinajstić information content (AvgIpc) is 2.87. The van der Waals surface area contributed by atoms with Crippen LogP contribution in [0.4, 0.5) is 0 Å². The number of rotatable bonds is 2. The van der Waals surface area contributed by atoms with Crippen molar-refractivity contribution in [1.82, 2.24) is 9.88 Å². The van der Waals surface area contributed by atoms with Crippen LogP contribution >= 0.6 is 10.7 Å². The van der Waals surface area contributed by atoms with Crippen LogP contribution in [0.15, 0.2) is 17.2 Å². The van der Waals surface area contributed by atoms with Crippen molar-refractivity contribution in [1.29, 1.82) is 0 Å². The summed E-state index contributed by atoms with van der Waals surface area (Å²) in [5.74, 6) is -0.177. The first-order valence-corrected chi connectivity index (χ1v) is 7.22. The van der Waals surface area contributed by atoms with Crippen LogP contribution in [0.2, 0.25) is 0 Å². The third-order valence-corrected chi connectivity index (χ3v) is 3.90. The molecule has 0 atom stereocenters. The zero-order valence-corrected chi connectivity index (χ0v) is 10.0. The highest BCUT2D eigenvalue weighted by atomic mass is 35.7. The zero-order chi connectivity index (χ0) is 11.8. The van der Waals surface area contributed by atoms with E-state index in [0.717, 1.165) is 25.9 Å². The van der Waals surface area contributed by atoms with Crippen LogP contribution in [-0.2, 0) is 9.05 Å². The van der Waals surface area contributed by atoms with Crippen LogP contribution in [0.1, 0.15) is 23.3 Å². The fourth-order valence-corrected chi connectivity index (χ4v) is 2.45. The molecule has 1 aliphatic rings. The molecule has 0 aromatic carbocycles. The molecule has 16 heavy (non-hydrogen) atoms. The quantitative estimate of drug-likeness (QED) is 0.814. The van der Waals surface area contributed by atoms with Gasteiger partial charge < -0.3 is 9.88 Å². The van der Waals surface area contributed by atoms with Crippen LogP contribution < -0.4 is 0 Å². The second-order valence-electron chi connectivity index (χ2n) is 3.69. The van der Waals surface area contributed by atoms with E-state index in [0.29, 0.717) is 0 Å². The Balaban J connectivity index is 2.22. The third-order valence-electron chi connectivity index (χ3n) is 2.56. The van der Waals surface area contributed by atoms with Gasteiger partial charge in [0, 0.05) is 30.0 Å². The van der Waals surface area contributed by atoms with Crippen molar-refractivity contribution in [3.8, 4) is 0 Å². The lowest BCUT2D eigenvalue weighted by atomic mass is 10.4. The Morgan fingerprint density at radius 1 is 1.38 bits per heavy atom. The molecule has 1 N–H and O–H groups in total. The van der Waals surface area contributed by atoms with Gasteiger partial charge in [-0.2, -0.15) is 0 Å². The lowest BCUT2D eigenvalue weighted by molar-refractivity contribution is 0.0787. The maximum atomic E-state index is 11.8. The van der Waals surface area contributed by atoms with Crippen molar-refractivity contribution >= 4 is 25.6 Å². The van der Waals surface area contributed by atoms with Crippen molar-refractivity contribution in [3.63, 3.8) is 0 Å². The van der Waals surface area contributed by atoms with Crippen molar-refractivity contribution in [2.24, 2.45) is 0 Å². The van der Waals surface area contributed by atoms with Gasteiger partial charge in [0.2, 0.25) is 0 Å². The summed E-state index contributed by atoms with van der Waals surface area (Å²) < 4.78 is 22.0. The number of hydrogen-bond acceptors (Lipinski definition) is 3. The minimum atomic E-state index is -3.77. The predicted molar refractivity (Wildman–Crippen MR) is 59.0 cm³/mol. The SMILES string of the molecule is O=C(c1cc(S(=O)(=O)Cl)c[nH]1)N1CCCC1. The Bertz CT molecular complexity index is 503. The summed E-state index contributed by atoms with van der Waals surface area (Å²) in [6.07, 6.45) is 3.21. The number of nitrogens with zero attached hydrogens (tertiary/aromatic N) is 1. The molecule has 0 radical (unpaired) electrons. The molecule has 0 saturated carbocycles. The summed E-state index contributed by atoms with van der Waals surface area (Å²) in [5.41, 5.74) is 0.265. The molecule has 1 amide bonds. The molecule has 0 aliphatic carbocycles. The van der Waals surface area contributed by atoms with Crippen LogP contribution in [0.5, 0.6) is 0 Å². The molecule has 1 aromatic rings. The fraction of sp³-hybridized carbons (Fsp3) is 0.444. The van der Waals surface area contributed by atoms with Gasteiger partial charge in [0.15, 0.2) is 0 Å². The van der Waals surface area contributed by atoms with Crippen molar-refractivity contribution in [2.45, 2.75) is 17.7 Å². The van der Waals surface area contributed by atoms with Crippen LogP contribution in [-0.4, -0.2) is 37.3 Å². The van der Waals surface area contributed by atoms with Gasteiger partial charge in [-0.3, -0.25) is 4.79 Å². The molecule has 1 saturated heterocycles. The summed E-state index contributed by atoms with van der Waals surface area (Å²) in [6.45, 7) is 1.45. The number of carbonyl (C=O) groups excluding carboxylic acids is 1. The molecule has 1 aromatic heterocycles. The van der Waals surface area contributed by atoms with Crippen molar-refractivity contribution in [3.05, 3.63) is 18.0 Å². The number of hydrogen-bond donors (Lipinski definition) is 1. The second kappa shape index (κ2) is 4.10. The highest BCUT2D eigenvalue weighted by molar-refractivity contribution is 8.13. The third kappa shape index (κ3) is 2.22. The largest absolute Gasteiger partial charge is 0.356 e. The number of amides is 1. The fourth-order valence-electron chi connectivity index (χ4n) is 1.73. The molecule has 0 spiro atoms. The van der Waals surface area contributed by atoms with Crippen molar-refractivity contribution < 1.29 is 13.2 Å². The monoisotopic (exact) mass is 262 g/mol. The van der Waals surface area contributed by atoms with Gasteiger partial charge in [-0.05, 0) is 18.9 Å². The summed E-state index contributed by atoms with van der Waals surface area (Å²) >= 11 is 0. The number of aromatic nitrogens is 1. The molecule has 5 nitrogen and oxygen atoms in total. The number of likely N-dealkylation sites (tertiary alicyclic amines) is 1. The van der Waals surface area contributed by atoms with E-state index < -0.39 is 9.05 Å². The first-order valence-electron chi connectivity index (χ1n) is 4.91. The average molecular weight is 263 g/mol. The molecule has 1 fully saturated rings. The first-order chi connectivity index (χ1) is 7.48. The minimum absolute atomic E-state index is 0.0725. The number of carbonyl (C=O) groups is 1. The molecule has 88 valence electrons. The summed E-state index contributed by atoms with van der Waals surface area (Å²) in [4.78, 5) is 16.1. The Morgan fingerprint density at radius 3 is 2.50 bits per heavy atom. The van der Waals surface area contributed by atoms with Gasteiger partial charge in [-0.25, -0.2) is 8.42 Å². The lowest BCUT2D eigenvalue weighted by Crippen LogP contribution is -2.27. The van der Waals surface area contributed by atoms with Gasteiger partial charge >= 0.3 is 0 Å². The van der Waals surface area contributed by atoms with E-state index in [1.165, 1.54) is 12.3 Å². The summed E-state index contributed by atoms with van der Waals surface area (Å²) in [5, 5.41) is 0. The standard InChI is InChI=1S/C9H11ClN2O3S/c10-16(14,15)7-5-8(11-6-7)9(13)12-3-1-2-4-12/h5-6,11H,1-4H2. The number of halogens is 1. The number of H-pyrrole nitrogens is 1. The number of nitrogens with one attached hydrogen (secondary N) is 1. The Kier molecular flexibility index (Phi) is 2.94. The molecular formula is C9H11ClN2O3S. The van der Waals surface area contributed by atoms with Crippen LogP contribution in [0, 0.1) is 0 Å². The van der Waals surface area contributed by atoms with E-state index in [1.807, 2.05) is 0 Å². The van der Waals surface area contributed by atoms with E-state index in [-0.39, 0.29) is 16.5 Å². The predicted octanol–water partition coefficient (Wildman–Crippen LogP) is 1.18. The molecule has 2 heterocycles. The van der Waals surface area contributed by atoms with E-state index in [1.54, 1.807) is 4.90 Å². The van der Waals surface area contributed by atoms with Crippen molar-refractivity contribution in [2.75, 3.05) is 13.1 Å². The van der Waals surface area contributed by atoms with E-state index in [9.17, 15) is 13.2 Å². The van der Waals surface area contributed by atoms with Gasteiger partial charge in [0.05, 0.1) is 0 Å². The van der Waals surface area contributed by atoms with Gasteiger partial charge in [0.1, 0.15) is 10.6 Å². The Morgan fingerprint density at radius 2 is 2.00 bits per heavy atom. The molecule has 1 aliphatic heterocycles. The van der Waals surface area contributed by atoms with Gasteiger partial charge in [0.25, 0.3) is 15.0 Å². The minimum Gasteiger partial charge on any atom is -0.356 e. The number of aromatic amines is 1. The maximum Gasteiger partial charge on any atom is 0.270 e. The summed E-state index contributed by atoms with van der Waals surface area (Å²) in [6, 6.07) is 1.27. The molecule has 7 heteroatoms. The van der Waals surface area contributed by atoms with E-state index >= 15 is 0 Å². The lowest BCUT2D eigenvalue weighted by Gasteiger charge is -2.13. The molecule has 0 unspecified atom stereocenters. The Labute approximate surface area is 97.8 Å². The topological polar surface area (TPSA) is 70.2 Å². The zero-order valence-electron chi connectivity index (χ0n) is 8.44. The highest BCUT2D eigenvalue weighted by Crippen LogP contribution is 2.18. The van der Waals surface area contributed by atoms with Crippen LogP contribution in [0.25, 0.3) is 0 Å². The molecule has 2 rings (SSSR count). The molecular weight excluding hydrogens is 252 g/mol. The smallest absolute Gasteiger partial charge is 0.270 e. The second-order valence-corrected chi connectivity index (χ2v) is 6.25. The Hall–Kier alpha value is -1.01. The first kappa shape index (κ1) is 11.5. The summed E-state index contributed by atoms with van der Waals surface area (Å²) in [7, 11) is 1.39. The van der Waals surface area contributed by atoms with E-state index in [4.69, 9.17) is 10.7 Å². The van der Waals surface area contributed by atoms with Gasteiger partial charge in [-0.1, -0.05) is 0 Å². The maximum absolute atomic E-state index is 11.8. The molecule has 0 bridgehead atoms.